The molecule has 1 aromatic carbocycles. The van der Waals surface area contributed by atoms with Gasteiger partial charge in [-0.05, 0) is 61.9 Å². The van der Waals surface area contributed by atoms with Crippen LogP contribution in [0.2, 0.25) is 5.02 Å². The number of hydrogen-bond donors (Lipinski definition) is 1. The summed E-state index contributed by atoms with van der Waals surface area (Å²) < 4.78 is 7.13. The van der Waals surface area contributed by atoms with Gasteiger partial charge in [-0.3, -0.25) is 4.79 Å². The normalized spacial score (nSPS) is 27.5. The zero-order valence-electron chi connectivity index (χ0n) is 19.4. The number of ether oxygens (including phenoxy) is 1. The van der Waals surface area contributed by atoms with Crippen molar-refractivity contribution in [2.75, 3.05) is 32.8 Å². The number of allylic oxidation sites excluding steroid dienone is 1. The molecule has 1 aromatic heterocycles. The van der Waals surface area contributed by atoms with Gasteiger partial charge in [0.15, 0.2) is 0 Å². The van der Waals surface area contributed by atoms with Crippen LogP contribution >= 0.6 is 11.6 Å². The highest BCUT2D eigenvalue weighted by Crippen LogP contribution is 2.42. The Bertz CT molecular complexity index is 1130. The topological polar surface area (TPSA) is 85.7 Å². The van der Waals surface area contributed by atoms with Crippen molar-refractivity contribution in [1.82, 2.24) is 14.7 Å². The molecular formula is C26H32ClN5O2. The Morgan fingerprint density at radius 2 is 1.94 bits per heavy atom. The Balaban J connectivity index is 1.29. The van der Waals surface area contributed by atoms with Crippen LogP contribution < -0.4 is 11.3 Å². The van der Waals surface area contributed by atoms with Crippen LogP contribution in [0.4, 0.5) is 0 Å². The predicted molar refractivity (Wildman–Crippen MR) is 135 cm³/mol. The molecule has 1 saturated carbocycles. The molecule has 1 saturated heterocycles. The molecule has 180 valence electrons. The summed E-state index contributed by atoms with van der Waals surface area (Å²) >= 11 is 6.25. The summed E-state index contributed by atoms with van der Waals surface area (Å²) in [4.78, 5) is 19.7. The van der Waals surface area contributed by atoms with E-state index in [4.69, 9.17) is 32.2 Å². The first-order chi connectivity index (χ1) is 16.6. The molecule has 7 nitrogen and oxygen atoms in total. The number of benzene rings is 1. The lowest BCUT2D eigenvalue weighted by atomic mass is 9.68. The fraction of sp³-hybridized carbons (Fsp3) is 0.500. The van der Waals surface area contributed by atoms with Gasteiger partial charge in [-0.15, -0.1) is 0 Å². The van der Waals surface area contributed by atoms with Crippen LogP contribution in [0, 0.1) is 0 Å². The van der Waals surface area contributed by atoms with Gasteiger partial charge in [-0.1, -0.05) is 23.7 Å². The van der Waals surface area contributed by atoms with Gasteiger partial charge in [-0.2, -0.15) is 5.10 Å². The summed E-state index contributed by atoms with van der Waals surface area (Å²) in [7, 11) is 0. The van der Waals surface area contributed by atoms with Crippen molar-refractivity contribution in [3.63, 3.8) is 0 Å². The minimum absolute atomic E-state index is 0.0472. The molecule has 34 heavy (non-hydrogen) atoms. The molecule has 2 fully saturated rings. The van der Waals surface area contributed by atoms with Crippen LogP contribution in [-0.2, 0) is 10.2 Å². The minimum atomic E-state index is -0.0979. The molecule has 8 heteroatoms. The van der Waals surface area contributed by atoms with Crippen LogP contribution in [0.1, 0.15) is 55.3 Å². The van der Waals surface area contributed by atoms with E-state index in [2.05, 4.69) is 17.0 Å². The first kappa shape index (κ1) is 23.3. The number of halogens is 1. The maximum atomic E-state index is 12.8. The van der Waals surface area contributed by atoms with Crippen molar-refractivity contribution < 1.29 is 4.74 Å². The first-order valence-corrected chi connectivity index (χ1v) is 12.6. The van der Waals surface area contributed by atoms with Crippen molar-refractivity contribution in [3.05, 3.63) is 74.9 Å². The quantitative estimate of drug-likeness (QED) is 0.704. The molecule has 1 unspecified atom stereocenters. The van der Waals surface area contributed by atoms with Crippen LogP contribution in [0.25, 0.3) is 0 Å². The van der Waals surface area contributed by atoms with Gasteiger partial charge in [0.1, 0.15) is 5.82 Å². The maximum absolute atomic E-state index is 12.8. The highest BCUT2D eigenvalue weighted by Gasteiger charge is 2.37. The molecule has 3 aliphatic rings. The lowest BCUT2D eigenvalue weighted by Crippen LogP contribution is -2.41. The summed E-state index contributed by atoms with van der Waals surface area (Å²) in [6, 6.07) is 11.6. The fourth-order valence-corrected chi connectivity index (χ4v) is 5.63. The van der Waals surface area contributed by atoms with Crippen LogP contribution in [-0.4, -0.2) is 53.7 Å². The zero-order chi connectivity index (χ0) is 23.5. The van der Waals surface area contributed by atoms with Crippen LogP contribution in [0.3, 0.4) is 0 Å². The van der Waals surface area contributed by atoms with Gasteiger partial charge < -0.3 is 15.4 Å². The summed E-state index contributed by atoms with van der Waals surface area (Å²) in [5.74, 6) is 1.09. The number of aromatic nitrogens is 2. The number of hydrogen-bond acceptors (Lipinski definition) is 6. The van der Waals surface area contributed by atoms with E-state index in [9.17, 15) is 4.79 Å². The van der Waals surface area contributed by atoms with Gasteiger partial charge in [-0.25, -0.2) is 9.67 Å². The van der Waals surface area contributed by atoms with E-state index < -0.39 is 0 Å². The van der Waals surface area contributed by atoms with Gasteiger partial charge in [0.25, 0.3) is 5.56 Å². The molecule has 0 amide bonds. The van der Waals surface area contributed by atoms with E-state index >= 15 is 0 Å². The number of rotatable bonds is 5. The number of nitrogens with two attached hydrogens (primary N) is 1. The zero-order valence-corrected chi connectivity index (χ0v) is 20.2. The highest BCUT2D eigenvalue weighted by molar-refractivity contribution is 6.30. The molecule has 3 heterocycles. The molecule has 0 spiro atoms. The minimum Gasteiger partial charge on any atom is -0.378 e. The number of morpholine rings is 1. The Morgan fingerprint density at radius 1 is 1.15 bits per heavy atom. The highest BCUT2D eigenvalue weighted by atomic mass is 35.5. The van der Waals surface area contributed by atoms with Crippen molar-refractivity contribution in [3.8, 4) is 0 Å². The van der Waals surface area contributed by atoms with Crippen molar-refractivity contribution in [2.45, 2.75) is 49.5 Å². The third kappa shape index (κ3) is 4.69. The smallest absolute Gasteiger partial charge is 0.267 e. The summed E-state index contributed by atoms with van der Waals surface area (Å²) in [6.45, 7) is 3.80. The summed E-state index contributed by atoms with van der Waals surface area (Å²) in [5.41, 5.74) is 8.20. The van der Waals surface area contributed by atoms with E-state index in [1.165, 1.54) is 5.56 Å². The Hall–Kier alpha value is -2.48. The monoisotopic (exact) mass is 481 g/mol. The second-order valence-corrected chi connectivity index (χ2v) is 9.99. The third-order valence-corrected chi connectivity index (χ3v) is 7.82. The van der Waals surface area contributed by atoms with E-state index in [-0.39, 0.29) is 22.9 Å². The van der Waals surface area contributed by atoms with Gasteiger partial charge in [0.2, 0.25) is 0 Å². The Kier molecular flexibility index (Phi) is 6.86. The molecule has 2 aromatic rings. The fourth-order valence-electron chi connectivity index (χ4n) is 5.44. The second kappa shape index (κ2) is 10.0. The van der Waals surface area contributed by atoms with Crippen molar-refractivity contribution in [1.29, 1.82) is 0 Å². The molecule has 5 rings (SSSR count). The molecular weight excluding hydrogens is 450 g/mol. The summed E-state index contributed by atoms with van der Waals surface area (Å²) in [5, 5.41) is 5.55. The predicted octanol–water partition coefficient (Wildman–Crippen LogP) is 3.64. The molecule has 2 aliphatic heterocycles. The average Bonchev–Trinajstić information content (AvgIpc) is 2.90. The van der Waals surface area contributed by atoms with Crippen LogP contribution in [0.15, 0.2) is 58.1 Å². The molecule has 1 atom stereocenters. The average molecular weight is 482 g/mol. The van der Waals surface area contributed by atoms with Crippen molar-refractivity contribution >= 4 is 17.8 Å². The lowest BCUT2D eigenvalue weighted by Gasteiger charge is -2.40. The molecule has 1 aliphatic carbocycles. The number of nitrogens with zero attached hydrogens (tertiary/aromatic N) is 4. The van der Waals surface area contributed by atoms with Crippen molar-refractivity contribution in [2.24, 2.45) is 10.7 Å². The van der Waals surface area contributed by atoms with Crippen LogP contribution in [0.5, 0.6) is 0 Å². The van der Waals surface area contributed by atoms with E-state index in [1.54, 1.807) is 10.7 Å². The Labute approximate surface area is 205 Å². The SMILES string of the molecule is NC[C@]1(c2cccc(Cl)c2)CC[C@H](n2nc(C3C=NC(N4CCOCC4)=CC3)ccc2=O)CC1. The van der Waals surface area contributed by atoms with Gasteiger partial charge >= 0.3 is 0 Å². The molecule has 0 radical (unpaired) electrons. The maximum Gasteiger partial charge on any atom is 0.267 e. The Morgan fingerprint density at radius 3 is 2.62 bits per heavy atom. The van der Waals surface area contributed by atoms with Gasteiger partial charge in [0.05, 0.1) is 24.9 Å². The van der Waals surface area contributed by atoms with Gasteiger partial charge in [0, 0.05) is 48.3 Å². The van der Waals surface area contributed by atoms with E-state index in [0.717, 1.165) is 74.9 Å². The first-order valence-electron chi connectivity index (χ1n) is 12.2. The molecule has 0 bridgehead atoms. The van der Waals surface area contributed by atoms with E-state index in [0.29, 0.717) is 6.54 Å². The second-order valence-electron chi connectivity index (χ2n) is 9.55. The standard InChI is InChI=1S/C26H32ClN5O2/c27-21-3-1-2-20(16-21)26(18-28)10-8-22(9-11-26)32-25(33)7-5-23(30-32)19-4-6-24(29-17-19)31-12-14-34-15-13-31/h1-3,5-7,16-17,19,22H,4,8-15,18,28H2/t19?,22-,26-. The number of aliphatic imine (C=N–C) groups is 1. The molecule has 2 N–H and O–H groups in total. The third-order valence-electron chi connectivity index (χ3n) is 7.59. The lowest BCUT2D eigenvalue weighted by molar-refractivity contribution is 0.0529. The van der Waals surface area contributed by atoms with E-state index in [1.807, 2.05) is 30.5 Å². The largest absolute Gasteiger partial charge is 0.378 e. The summed E-state index contributed by atoms with van der Waals surface area (Å²) in [6.07, 6.45) is 8.51.